The number of rotatable bonds is 3. The Labute approximate surface area is 121 Å². The van der Waals surface area contributed by atoms with Gasteiger partial charge < -0.3 is 14.1 Å². The molecule has 1 N–H and O–H groups in total. The van der Waals surface area contributed by atoms with Crippen LogP contribution in [0.2, 0.25) is 0 Å². The molecule has 3 nitrogen and oxygen atoms in total. The van der Waals surface area contributed by atoms with E-state index in [1.807, 2.05) is 54.6 Å². The van der Waals surface area contributed by atoms with Gasteiger partial charge in [0.15, 0.2) is 5.76 Å². The molecule has 0 bridgehead atoms. The third-order valence-corrected chi connectivity index (χ3v) is 3.23. The monoisotopic (exact) mass is 283 g/mol. The Balaban J connectivity index is 2.17. The first kappa shape index (κ1) is 12.7. The third kappa shape index (κ3) is 2.38. The summed E-state index contributed by atoms with van der Waals surface area (Å²) in [5.74, 6) is 1.53. The Morgan fingerprint density at radius 1 is 1.00 bits per heavy atom. The van der Waals surface area contributed by atoms with E-state index in [0.29, 0.717) is 4.84 Å². The van der Waals surface area contributed by atoms with E-state index in [-0.39, 0.29) is 0 Å². The van der Waals surface area contributed by atoms with E-state index in [9.17, 15) is 0 Å². The molecule has 100 valence electrons. The van der Waals surface area contributed by atoms with Crippen LogP contribution in [0.25, 0.3) is 22.6 Å². The van der Waals surface area contributed by atoms with Gasteiger partial charge in [0.05, 0.1) is 12.8 Å². The van der Waals surface area contributed by atoms with Crippen LogP contribution in [0.3, 0.4) is 0 Å². The lowest BCUT2D eigenvalue weighted by molar-refractivity contribution is 0.415. The number of hydrogen-bond acceptors (Lipinski definition) is 3. The molecule has 0 spiro atoms. The molecule has 0 amide bonds. The van der Waals surface area contributed by atoms with Crippen molar-refractivity contribution in [2.24, 2.45) is 0 Å². The minimum absolute atomic E-state index is 0.363. The molecular formula is C16H13NO2S. The number of H-pyrrole nitrogens is 1. The summed E-state index contributed by atoms with van der Waals surface area (Å²) in [6.07, 6.45) is 0. The molecule has 0 atom stereocenters. The summed E-state index contributed by atoms with van der Waals surface area (Å²) in [5.41, 5.74) is 2.82. The molecule has 0 aliphatic heterocycles. The van der Waals surface area contributed by atoms with Crippen LogP contribution < -0.4 is 4.74 Å². The zero-order chi connectivity index (χ0) is 13.9. The molecule has 3 aromatic rings. The van der Waals surface area contributed by atoms with E-state index in [1.165, 1.54) is 0 Å². The van der Waals surface area contributed by atoms with Gasteiger partial charge in [-0.1, -0.05) is 42.5 Å². The first-order chi connectivity index (χ1) is 9.78. The minimum Gasteiger partial charge on any atom is -0.497 e. The molecule has 2 aromatic carbocycles. The summed E-state index contributed by atoms with van der Waals surface area (Å²) in [5, 5.41) is 0. The summed E-state index contributed by atoms with van der Waals surface area (Å²) in [4.78, 5) is 3.47. The van der Waals surface area contributed by atoms with Crippen molar-refractivity contribution in [1.29, 1.82) is 0 Å². The van der Waals surface area contributed by atoms with Gasteiger partial charge in [0, 0.05) is 11.1 Å². The zero-order valence-electron chi connectivity index (χ0n) is 10.9. The van der Waals surface area contributed by atoms with Crippen LogP contribution >= 0.6 is 12.2 Å². The van der Waals surface area contributed by atoms with E-state index >= 15 is 0 Å². The predicted octanol–water partition coefficient (Wildman–Crippen LogP) is 4.68. The van der Waals surface area contributed by atoms with Crippen LogP contribution in [-0.2, 0) is 0 Å². The highest BCUT2D eigenvalue weighted by Crippen LogP contribution is 2.32. The fraction of sp³-hybridized carbons (Fsp3) is 0.0625. The number of nitrogens with one attached hydrogen (secondary N) is 1. The normalized spacial score (nSPS) is 10.4. The molecule has 0 aliphatic rings. The highest BCUT2D eigenvalue weighted by atomic mass is 32.1. The minimum atomic E-state index is 0.363. The molecule has 0 aliphatic carbocycles. The summed E-state index contributed by atoms with van der Waals surface area (Å²) in [7, 11) is 1.65. The van der Waals surface area contributed by atoms with Gasteiger partial charge in [-0.3, -0.25) is 0 Å². The topological polar surface area (TPSA) is 38.2 Å². The molecule has 0 radical (unpaired) electrons. The lowest BCUT2D eigenvalue weighted by Gasteiger charge is -2.04. The van der Waals surface area contributed by atoms with Gasteiger partial charge in [0.25, 0.3) is 4.84 Å². The van der Waals surface area contributed by atoms with Crippen molar-refractivity contribution >= 4 is 12.2 Å². The second-order valence-corrected chi connectivity index (χ2v) is 4.69. The molecule has 3 rings (SSSR count). The SMILES string of the molecule is COc1cccc(-c2[nH]c(=S)oc2-c2ccccc2)c1. The third-order valence-electron chi connectivity index (χ3n) is 3.04. The average Bonchev–Trinajstić information content (AvgIpc) is 2.90. The number of oxazole rings is 1. The van der Waals surface area contributed by atoms with Gasteiger partial charge >= 0.3 is 0 Å². The van der Waals surface area contributed by atoms with Crippen molar-refractivity contribution in [3.63, 3.8) is 0 Å². The lowest BCUT2D eigenvalue weighted by Crippen LogP contribution is -1.85. The van der Waals surface area contributed by atoms with Crippen LogP contribution in [-0.4, -0.2) is 12.1 Å². The Kier molecular flexibility index (Phi) is 3.39. The average molecular weight is 283 g/mol. The van der Waals surface area contributed by atoms with Crippen molar-refractivity contribution in [3.8, 4) is 28.3 Å². The quantitative estimate of drug-likeness (QED) is 0.709. The summed E-state index contributed by atoms with van der Waals surface area (Å²) in [6.45, 7) is 0. The molecular weight excluding hydrogens is 270 g/mol. The maximum absolute atomic E-state index is 5.65. The number of hydrogen-bond donors (Lipinski definition) is 1. The maximum Gasteiger partial charge on any atom is 0.266 e. The van der Waals surface area contributed by atoms with E-state index in [2.05, 4.69) is 4.98 Å². The number of aromatic nitrogens is 1. The maximum atomic E-state index is 5.65. The highest BCUT2D eigenvalue weighted by Gasteiger charge is 2.13. The van der Waals surface area contributed by atoms with Crippen LogP contribution in [0.4, 0.5) is 0 Å². The first-order valence-corrected chi connectivity index (χ1v) is 6.62. The second-order valence-electron chi connectivity index (χ2n) is 4.32. The summed E-state index contributed by atoms with van der Waals surface area (Å²) in [6, 6.07) is 17.7. The molecule has 20 heavy (non-hydrogen) atoms. The number of benzene rings is 2. The summed E-state index contributed by atoms with van der Waals surface area (Å²) >= 11 is 5.13. The van der Waals surface area contributed by atoms with Crippen molar-refractivity contribution in [2.45, 2.75) is 0 Å². The van der Waals surface area contributed by atoms with Crippen LogP contribution in [0.1, 0.15) is 0 Å². The highest BCUT2D eigenvalue weighted by molar-refractivity contribution is 7.71. The fourth-order valence-electron chi connectivity index (χ4n) is 2.10. The number of ether oxygens (including phenoxy) is 1. The largest absolute Gasteiger partial charge is 0.497 e. The smallest absolute Gasteiger partial charge is 0.266 e. The van der Waals surface area contributed by atoms with Gasteiger partial charge in [-0.2, -0.15) is 0 Å². The van der Waals surface area contributed by atoms with Gasteiger partial charge in [-0.05, 0) is 24.4 Å². The van der Waals surface area contributed by atoms with E-state index in [0.717, 1.165) is 28.3 Å². The first-order valence-electron chi connectivity index (χ1n) is 6.21. The van der Waals surface area contributed by atoms with E-state index in [4.69, 9.17) is 21.4 Å². The Morgan fingerprint density at radius 2 is 1.75 bits per heavy atom. The Morgan fingerprint density at radius 3 is 2.50 bits per heavy atom. The van der Waals surface area contributed by atoms with E-state index in [1.54, 1.807) is 7.11 Å². The molecule has 0 unspecified atom stereocenters. The van der Waals surface area contributed by atoms with Crippen molar-refractivity contribution in [1.82, 2.24) is 4.98 Å². The van der Waals surface area contributed by atoms with E-state index < -0.39 is 0 Å². The molecule has 4 heteroatoms. The second kappa shape index (κ2) is 5.35. The number of methoxy groups -OCH3 is 1. The van der Waals surface area contributed by atoms with Gasteiger partial charge in [0.1, 0.15) is 5.75 Å². The molecule has 0 fully saturated rings. The number of aromatic amines is 1. The van der Waals surface area contributed by atoms with Gasteiger partial charge in [0.2, 0.25) is 0 Å². The Bertz CT molecular complexity index is 774. The Hall–Kier alpha value is -2.33. The van der Waals surface area contributed by atoms with Crippen LogP contribution in [0.15, 0.2) is 59.0 Å². The standard InChI is InChI=1S/C16H13NO2S/c1-18-13-9-5-8-12(10-13)14-15(19-16(20)17-14)11-6-3-2-4-7-11/h2-10H,1H3,(H,17,20). The molecule has 1 heterocycles. The van der Waals surface area contributed by atoms with Crippen LogP contribution in [0, 0.1) is 4.84 Å². The van der Waals surface area contributed by atoms with Crippen molar-refractivity contribution < 1.29 is 9.15 Å². The molecule has 0 saturated heterocycles. The van der Waals surface area contributed by atoms with Crippen molar-refractivity contribution in [2.75, 3.05) is 7.11 Å². The summed E-state index contributed by atoms with van der Waals surface area (Å²) < 4.78 is 10.9. The van der Waals surface area contributed by atoms with Gasteiger partial charge in [-0.15, -0.1) is 0 Å². The molecule has 0 saturated carbocycles. The fourth-order valence-corrected chi connectivity index (χ4v) is 2.29. The lowest BCUT2D eigenvalue weighted by atomic mass is 10.1. The molecule has 1 aromatic heterocycles. The zero-order valence-corrected chi connectivity index (χ0v) is 11.7. The van der Waals surface area contributed by atoms with Gasteiger partial charge in [-0.25, -0.2) is 0 Å². The van der Waals surface area contributed by atoms with Crippen LogP contribution in [0.5, 0.6) is 5.75 Å². The van der Waals surface area contributed by atoms with Crippen molar-refractivity contribution in [3.05, 3.63) is 59.4 Å². The predicted molar refractivity (Wildman–Crippen MR) is 81.3 cm³/mol.